The van der Waals surface area contributed by atoms with Gasteiger partial charge in [0, 0.05) is 25.3 Å². The summed E-state index contributed by atoms with van der Waals surface area (Å²) >= 11 is 0. The minimum atomic E-state index is 0.0815. The van der Waals surface area contributed by atoms with Crippen LogP contribution in [0, 0.1) is 0 Å². The van der Waals surface area contributed by atoms with Crippen molar-refractivity contribution in [3.8, 4) is 0 Å². The summed E-state index contributed by atoms with van der Waals surface area (Å²) in [7, 11) is 0. The first-order chi connectivity index (χ1) is 8.81. The normalized spacial score (nSPS) is 19.7. The van der Waals surface area contributed by atoms with Crippen LogP contribution in [0.15, 0.2) is 12.4 Å². The number of aromatic nitrogens is 2. The average Bonchev–Trinajstić information content (AvgIpc) is 2.92. The van der Waals surface area contributed by atoms with E-state index in [-0.39, 0.29) is 5.91 Å². The SMILES string of the molecule is CCCN(CC1CCCCN1)C(=O)c1cn[nH]c1. The van der Waals surface area contributed by atoms with Crippen molar-refractivity contribution < 1.29 is 4.79 Å². The van der Waals surface area contributed by atoms with Gasteiger partial charge in [0.15, 0.2) is 0 Å². The Labute approximate surface area is 108 Å². The molecule has 5 nitrogen and oxygen atoms in total. The van der Waals surface area contributed by atoms with Crippen molar-refractivity contribution >= 4 is 5.91 Å². The summed E-state index contributed by atoms with van der Waals surface area (Å²) in [5, 5.41) is 10.0. The number of aromatic amines is 1. The smallest absolute Gasteiger partial charge is 0.257 e. The maximum Gasteiger partial charge on any atom is 0.257 e. The molecule has 1 amide bonds. The molecule has 2 N–H and O–H groups in total. The summed E-state index contributed by atoms with van der Waals surface area (Å²) in [6.45, 7) is 4.79. The van der Waals surface area contributed by atoms with Crippen molar-refractivity contribution in [2.75, 3.05) is 19.6 Å². The molecule has 1 aromatic heterocycles. The lowest BCUT2D eigenvalue weighted by Crippen LogP contribution is -2.46. The van der Waals surface area contributed by atoms with Crippen molar-refractivity contribution in [2.24, 2.45) is 0 Å². The van der Waals surface area contributed by atoms with E-state index < -0.39 is 0 Å². The number of hydrogen-bond donors (Lipinski definition) is 2. The maximum atomic E-state index is 12.3. The van der Waals surface area contributed by atoms with Crippen LogP contribution in [0.4, 0.5) is 0 Å². The Morgan fingerprint density at radius 1 is 1.56 bits per heavy atom. The van der Waals surface area contributed by atoms with Gasteiger partial charge in [-0.1, -0.05) is 13.3 Å². The highest BCUT2D eigenvalue weighted by Crippen LogP contribution is 2.11. The molecule has 0 bridgehead atoms. The Bertz CT molecular complexity index is 357. The van der Waals surface area contributed by atoms with Crippen molar-refractivity contribution in [1.82, 2.24) is 20.4 Å². The van der Waals surface area contributed by atoms with E-state index in [1.54, 1.807) is 12.4 Å². The van der Waals surface area contributed by atoms with Gasteiger partial charge in [-0.3, -0.25) is 9.89 Å². The molecule has 1 unspecified atom stereocenters. The second-order valence-corrected chi connectivity index (χ2v) is 4.88. The minimum Gasteiger partial charge on any atom is -0.337 e. The van der Waals surface area contributed by atoms with Crippen LogP contribution in [0.3, 0.4) is 0 Å². The van der Waals surface area contributed by atoms with Gasteiger partial charge in [-0.05, 0) is 25.8 Å². The Kier molecular flexibility index (Phi) is 4.75. The third kappa shape index (κ3) is 3.32. The predicted molar refractivity (Wildman–Crippen MR) is 70.4 cm³/mol. The molecule has 1 aliphatic heterocycles. The Morgan fingerprint density at radius 3 is 3.06 bits per heavy atom. The van der Waals surface area contributed by atoms with E-state index in [4.69, 9.17) is 0 Å². The van der Waals surface area contributed by atoms with Crippen LogP contribution < -0.4 is 5.32 Å². The summed E-state index contributed by atoms with van der Waals surface area (Å²) in [4.78, 5) is 14.2. The van der Waals surface area contributed by atoms with Gasteiger partial charge in [0.1, 0.15) is 0 Å². The van der Waals surface area contributed by atoms with E-state index in [1.807, 2.05) is 4.90 Å². The van der Waals surface area contributed by atoms with Gasteiger partial charge in [-0.15, -0.1) is 0 Å². The number of carbonyl (C=O) groups is 1. The molecule has 5 heteroatoms. The number of H-pyrrole nitrogens is 1. The van der Waals surface area contributed by atoms with E-state index in [1.165, 1.54) is 19.3 Å². The van der Waals surface area contributed by atoms with Gasteiger partial charge < -0.3 is 10.2 Å². The molecule has 100 valence electrons. The maximum absolute atomic E-state index is 12.3. The third-order valence-electron chi connectivity index (χ3n) is 3.38. The summed E-state index contributed by atoms with van der Waals surface area (Å²) < 4.78 is 0. The predicted octanol–water partition coefficient (Wildman–Crippen LogP) is 1.40. The molecular formula is C13H22N4O. The lowest BCUT2D eigenvalue weighted by Gasteiger charge is -2.30. The van der Waals surface area contributed by atoms with Crippen molar-refractivity contribution in [3.63, 3.8) is 0 Å². The molecule has 1 aliphatic rings. The van der Waals surface area contributed by atoms with E-state index >= 15 is 0 Å². The molecule has 0 aromatic carbocycles. The summed E-state index contributed by atoms with van der Waals surface area (Å²) in [6, 6.07) is 0.446. The molecule has 1 aromatic rings. The molecule has 0 radical (unpaired) electrons. The molecular weight excluding hydrogens is 228 g/mol. The first-order valence-electron chi connectivity index (χ1n) is 6.82. The van der Waals surface area contributed by atoms with Gasteiger partial charge >= 0.3 is 0 Å². The van der Waals surface area contributed by atoms with Gasteiger partial charge in [0.25, 0.3) is 5.91 Å². The number of hydrogen-bond acceptors (Lipinski definition) is 3. The molecule has 0 aliphatic carbocycles. The summed E-state index contributed by atoms with van der Waals surface area (Å²) in [6.07, 6.45) is 7.92. The molecule has 2 rings (SSSR count). The lowest BCUT2D eigenvalue weighted by atomic mass is 10.0. The van der Waals surface area contributed by atoms with E-state index in [0.717, 1.165) is 26.1 Å². The first-order valence-corrected chi connectivity index (χ1v) is 6.82. The molecule has 0 saturated carbocycles. The highest BCUT2D eigenvalue weighted by molar-refractivity contribution is 5.93. The quantitative estimate of drug-likeness (QED) is 0.830. The van der Waals surface area contributed by atoms with Crippen LogP contribution in [0.5, 0.6) is 0 Å². The fraction of sp³-hybridized carbons (Fsp3) is 0.692. The zero-order chi connectivity index (χ0) is 12.8. The number of amides is 1. The minimum absolute atomic E-state index is 0.0815. The van der Waals surface area contributed by atoms with Crippen LogP contribution >= 0.6 is 0 Å². The van der Waals surface area contributed by atoms with Crippen LogP contribution in [-0.4, -0.2) is 46.7 Å². The molecule has 1 atom stereocenters. The van der Waals surface area contributed by atoms with Gasteiger partial charge in [0.05, 0.1) is 11.8 Å². The second-order valence-electron chi connectivity index (χ2n) is 4.88. The monoisotopic (exact) mass is 250 g/mol. The van der Waals surface area contributed by atoms with Crippen LogP contribution in [0.2, 0.25) is 0 Å². The number of carbonyl (C=O) groups excluding carboxylic acids is 1. The summed E-state index contributed by atoms with van der Waals surface area (Å²) in [5.41, 5.74) is 0.652. The fourth-order valence-electron chi connectivity index (χ4n) is 2.44. The average molecular weight is 250 g/mol. The van der Waals surface area contributed by atoms with Gasteiger partial charge in [0.2, 0.25) is 0 Å². The largest absolute Gasteiger partial charge is 0.337 e. The molecule has 2 heterocycles. The van der Waals surface area contributed by atoms with E-state index in [9.17, 15) is 4.79 Å². The van der Waals surface area contributed by atoms with Crippen molar-refractivity contribution in [1.29, 1.82) is 0 Å². The standard InChI is InChI=1S/C13H22N4O/c1-2-7-17(10-12-5-3-4-6-14-12)13(18)11-8-15-16-9-11/h8-9,12,14H,2-7,10H2,1H3,(H,15,16). The molecule has 1 saturated heterocycles. The Hall–Kier alpha value is -1.36. The van der Waals surface area contributed by atoms with Crippen molar-refractivity contribution in [3.05, 3.63) is 18.0 Å². The fourth-order valence-corrected chi connectivity index (χ4v) is 2.44. The topological polar surface area (TPSA) is 61.0 Å². The second kappa shape index (κ2) is 6.54. The first kappa shape index (κ1) is 13.1. The zero-order valence-electron chi connectivity index (χ0n) is 11.0. The number of piperidine rings is 1. The van der Waals surface area contributed by atoms with Crippen molar-refractivity contribution in [2.45, 2.75) is 38.6 Å². The van der Waals surface area contributed by atoms with E-state index in [0.29, 0.717) is 11.6 Å². The van der Waals surface area contributed by atoms with Crippen LogP contribution in [-0.2, 0) is 0 Å². The highest BCUT2D eigenvalue weighted by Gasteiger charge is 2.21. The lowest BCUT2D eigenvalue weighted by molar-refractivity contribution is 0.0732. The van der Waals surface area contributed by atoms with Crippen LogP contribution in [0.1, 0.15) is 43.0 Å². The van der Waals surface area contributed by atoms with Gasteiger partial charge in [-0.2, -0.15) is 5.10 Å². The Balaban J connectivity index is 1.96. The zero-order valence-corrected chi connectivity index (χ0v) is 11.0. The third-order valence-corrected chi connectivity index (χ3v) is 3.38. The Morgan fingerprint density at radius 2 is 2.44 bits per heavy atom. The summed E-state index contributed by atoms with van der Waals surface area (Å²) in [5.74, 6) is 0.0815. The van der Waals surface area contributed by atoms with E-state index in [2.05, 4.69) is 22.4 Å². The highest BCUT2D eigenvalue weighted by atomic mass is 16.2. The number of rotatable bonds is 5. The molecule has 1 fully saturated rings. The number of nitrogens with zero attached hydrogens (tertiary/aromatic N) is 2. The van der Waals surface area contributed by atoms with Gasteiger partial charge in [-0.25, -0.2) is 0 Å². The molecule has 0 spiro atoms. The number of nitrogens with one attached hydrogen (secondary N) is 2. The van der Waals surface area contributed by atoms with Crippen LogP contribution in [0.25, 0.3) is 0 Å². The molecule has 18 heavy (non-hydrogen) atoms.